The molecule has 2 nitrogen and oxygen atoms in total. The molecule has 0 saturated heterocycles. The van der Waals surface area contributed by atoms with E-state index in [-0.39, 0.29) is 5.78 Å². The minimum Gasteiger partial charge on any atom is -0.318 e. The summed E-state index contributed by atoms with van der Waals surface area (Å²) in [5.74, 6) is -0.152. The van der Waals surface area contributed by atoms with Gasteiger partial charge in [0.2, 0.25) is 0 Å². The first-order chi connectivity index (χ1) is 5.75. The number of nitrogens with two attached hydrogens (primary N) is 1. The van der Waals surface area contributed by atoms with Gasteiger partial charge < -0.3 is 5.73 Å². The Balaban J connectivity index is 2.85. The van der Waals surface area contributed by atoms with Gasteiger partial charge in [0.05, 0.1) is 6.04 Å². The molecular formula is C10H11NO. The SMILES string of the molecule is C=CC(=O)C(N)c1ccccc1. The van der Waals surface area contributed by atoms with Gasteiger partial charge in [0.15, 0.2) is 5.78 Å². The molecule has 1 unspecified atom stereocenters. The van der Waals surface area contributed by atoms with Gasteiger partial charge in [-0.05, 0) is 11.6 Å². The Morgan fingerprint density at radius 3 is 2.50 bits per heavy atom. The van der Waals surface area contributed by atoms with Crippen LogP contribution in [0, 0.1) is 0 Å². The Hall–Kier alpha value is -1.41. The van der Waals surface area contributed by atoms with Crippen molar-refractivity contribution in [2.45, 2.75) is 6.04 Å². The smallest absolute Gasteiger partial charge is 0.176 e. The van der Waals surface area contributed by atoms with E-state index in [1.165, 1.54) is 6.08 Å². The quantitative estimate of drug-likeness (QED) is 0.681. The average molecular weight is 161 g/mol. The molecule has 1 rings (SSSR count). The Bertz CT molecular complexity index is 279. The highest BCUT2D eigenvalue weighted by molar-refractivity contribution is 5.94. The minimum absolute atomic E-state index is 0.152. The van der Waals surface area contributed by atoms with Gasteiger partial charge in [-0.25, -0.2) is 0 Å². The van der Waals surface area contributed by atoms with Crippen molar-refractivity contribution in [3.63, 3.8) is 0 Å². The van der Waals surface area contributed by atoms with Gasteiger partial charge in [0.1, 0.15) is 0 Å². The predicted octanol–water partition coefficient (Wildman–Crippen LogP) is 1.44. The summed E-state index contributed by atoms with van der Waals surface area (Å²) in [6, 6.07) is 8.67. The zero-order chi connectivity index (χ0) is 8.97. The van der Waals surface area contributed by atoms with Crippen molar-refractivity contribution < 1.29 is 4.79 Å². The number of ketones is 1. The maximum absolute atomic E-state index is 11.1. The largest absolute Gasteiger partial charge is 0.318 e. The standard InChI is InChI=1S/C10H11NO/c1-2-9(12)10(11)8-6-4-3-5-7-8/h2-7,10H,1,11H2. The van der Waals surface area contributed by atoms with Crippen molar-refractivity contribution in [1.82, 2.24) is 0 Å². The lowest BCUT2D eigenvalue weighted by atomic mass is 10.0. The summed E-state index contributed by atoms with van der Waals surface area (Å²) in [4.78, 5) is 11.1. The van der Waals surface area contributed by atoms with Crippen LogP contribution in [0.3, 0.4) is 0 Å². The number of hydrogen-bond acceptors (Lipinski definition) is 2. The van der Waals surface area contributed by atoms with Gasteiger partial charge in [0.25, 0.3) is 0 Å². The van der Waals surface area contributed by atoms with Crippen LogP contribution >= 0.6 is 0 Å². The minimum atomic E-state index is -0.566. The van der Waals surface area contributed by atoms with Crippen LogP contribution in [0.4, 0.5) is 0 Å². The zero-order valence-electron chi connectivity index (χ0n) is 6.73. The molecule has 0 fully saturated rings. The predicted molar refractivity (Wildman–Crippen MR) is 48.6 cm³/mol. The molecule has 0 radical (unpaired) electrons. The third kappa shape index (κ3) is 1.80. The van der Waals surface area contributed by atoms with Crippen LogP contribution in [-0.4, -0.2) is 5.78 Å². The summed E-state index contributed by atoms with van der Waals surface area (Å²) in [6.07, 6.45) is 1.25. The molecule has 0 saturated carbocycles. The van der Waals surface area contributed by atoms with Gasteiger partial charge in [-0.1, -0.05) is 36.9 Å². The number of carbonyl (C=O) groups is 1. The van der Waals surface area contributed by atoms with Crippen molar-refractivity contribution in [2.75, 3.05) is 0 Å². The lowest BCUT2D eigenvalue weighted by Crippen LogP contribution is -2.18. The van der Waals surface area contributed by atoms with Crippen molar-refractivity contribution in [3.05, 3.63) is 48.6 Å². The van der Waals surface area contributed by atoms with E-state index in [0.717, 1.165) is 5.56 Å². The molecule has 0 heterocycles. The highest BCUT2D eigenvalue weighted by atomic mass is 16.1. The maximum atomic E-state index is 11.1. The van der Waals surface area contributed by atoms with Crippen molar-refractivity contribution in [2.24, 2.45) is 5.73 Å². The summed E-state index contributed by atoms with van der Waals surface area (Å²) in [7, 11) is 0. The molecule has 0 bridgehead atoms. The van der Waals surface area contributed by atoms with Gasteiger partial charge in [-0.3, -0.25) is 4.79 Å². The molecule has 1 atom stereocenters. The van der Waals surface area contributed by atoms with Crippen LogP contribution in [0.1, 0.15) is 11.6 Å². The molecule has 0 aliphatic heterocycles. The van der Waals surface area contributed by atoms with E-state index in [9.17, 15) is 4.79 Å². The van der Waals surface area contributed by atoms with E-state index < -0.39 is 6.04 Å². The first-order valence-electron chi connectivity index (χ1n) is 3.72. The molecule has 0 amide bonds. The van der Waals surface area contributed by atoms with E-state index in [0.29, 0.717) is 0 Å². The molecule has 0 spiro atoms. The molecule has 0 aliphatic rings. The Morgan fingerprint density at radius 1 is 1.42 bits per heavy atom. The molecule has 2 N–H and O–H groups in total. The van der Waals surface area contributed by atoms with E-state index in [4.69, 9.17) is 5.73 Å². The molecule has 0 aliphatic carbocycles. The Kier molecular flexibility index (Phi) is 2.77. The lowest BCUT2D eigenvalue weighted by molar-refractivity contribution is -0.115. The lowest BCUT2D eigenvalue weighted by Gasteiger charge is -2.06. The highest BCUT2D eigenvalue weighted by Gasteiger charge is 2.10. The molecule has 1 aromatic rings. The van der Waals surface area contributed by atoms with Crippen molar-refractivity contribution in [3.8, 4) is 0 Å². The van der Waals surface area contributed by atoms with Crippen LogP contribution in [0.25, 0.3) is 0 Å². The molecule has 62 valence electrons. The van der Waals surface area contributed by atoms with Crippen LogP contribution < -0.4 is 5.73 Å². The number of benzene rings is 1. The fraction of sp³-hybridized carbons (Fsp3) is 0.100. The summed E-state index contributed by atoms with van der Waals surface area (Å²) in [6.45, 7) is 3.38. The van der Waals surface area contributed by atoms with Crippen molar-refractivity contribution in [1.29, 1.82) is 0 Å². The molecule has 1 aromatic carbocycles. The fourth-order valence-corrected chi connectivity index (χ4v) is 0.952. The summed E-state index contributed by atoms with van der Waals surface area (Å²) in [5.41, 5.74) is 6.45. The normalized spacial score (nSPS) is 12.1. The summed E-state index contributed by atoms with van der Waals surface area (Å²) in [5, 5.41) is 0. The van der Waals surface area contributed by atoms with Crippen molar-refractivity contribution >= 4 is 5.78 Å². The number of rotatable bonds is 3. The van der Waals surface area contributed by atoms with Crippen LogP contribution in [-0.2, 0) is 4.79 Å². The Morgan fingerprint density at radius 2 is 2.00 bits per heavy atom. The van der Waals surface area contributed by atoms with Gasteiger partial charge in [-0.15, -0.1) is 0 Å². The average Bonchev–Trinajstić information content (AvgIpc) is 2.17. The first kappa shape index (κ1) is 8.68. The van der Waals surface area contributed by atoms with E-state index in [1.54, 1.807) is 0 Å². The second-order valence-corrected chi connectivity index (χ2v) is 2.49. The van der Waals surface area contributed by atoms with Crippen LogP contribution in [0.5, 0.6) is 0 Å². The second-order valence-electron chi connectivity index (χ2n) is 2.49. The maximum Gasteiger partial charge on any atom is 0.176 e. The Labute approximate surface area is 71.7 Å². The molecule has 0 aromatic heterocycles. The first-order valence-corrected chi connectivity index (χ1v) is 3.72. The van der Waals surface area contributed by atoms with Crippen LogP contribution in [0.15, 0.2) is 43.0 Å². The topological polar surface area (TPSA) is 43.1 Å². The number of carbonyl (C=O) groups excluding carboxylic acids is 1. The fourth-order valence-electron chi connectivity index (χ4n) is 0.952. The summed E-state index contributed by atoms with van der Waals surface area (Å²) >= 11 is 0. The number of hydrogen-bond donors (Lipinski definition) is 1. The van der Waals surface area contributed by atoms with Gasteiger partial charge in [0, 0.05) is 0 Å². The molecule has 2 heteroatoms. The molecule has 12 heavy (non-hydrogen) atoms. The van der Waals surface area contributed by atoms with E-state index in [2.05, 4.69) is 6.58 Å². The zero-order valence-corrected chi connectivity index (χ0v) is 6.73. The van der Waals surface area contributed by atoms with E-state index in [1.807, 2.05) is 30.3 Å². The summed E-state index contributed by atoms with van der Waals surface area (Å²) < 4.78 is 0. The van der Waals surface area contributed by atoms with Crippen LogP contribution in [0.2, 0.25) is 0 Å². The monoisotopic (exact) mass is 161 g/mol. The second kappa shape index (κ2) is 3.83. The van der Waals surface area contributed by atoms with E-state index >= 15 is 0 Å². The van der Waals surface area contributed by atoms with Gasteiger partial charge >= 0.3 is 0 Å². The third-order valence-electron chi connectivity index (χ3n) is 1.67. The third-order valence-corrected chi connectivity index (χ3v) is 1.67. The molecular weight excluding hydrogens is 150 g/mol. The highest BCUT2D eigenvalue weighted by Crippen LogP contribution is 2.10. The van der Waals surface area contributed by atoms with Gasteiger partial charge in [-0.2, -0.15) is 0 Å².